The van der Waals surface area contributed by atoms with E-state index in [-0.39, 0.29) is 18.9 Å². The number of aliphatic hydroxyl groups excluding tert-OH is 1. The molecule has 0 aliphatic carbocycles. The fraction of sp³-hybridized carbons (Fsp3) is 0.600. The van der Waals surface area contributed by atoms with Gasteiger partial charge in [-0.3, -0.25) is 4.79 Å². The summed E-state index contributed by atoms with van der Waals surface area (Å²) in [7, 11) is 1.57. The van der Waals surface area contributed by atoms with Crippen LogP contribution in [0.1, 0.15) is 57.8 Å². The molecule has 27 heavy (non-hydrogen) atoms. The van der Waals surface area contributed by atoms with Crippen LogP contribution in [0.15, 0.2) is 18.2 Å². The summed E-state index contributed by atoms with van der Waals surface area (Å²) in [6.45, 7) is 9.23. The second-order valence-corrected chi connectivity index (χ2v) is 7.66. The van der Waals surface area contributed by atoms with Crippen molar-refractivity contribution in [1.82, 2.24) is 10.0 Å². The summed E-state index contributed by atoms with van der Waals surface area (Å²) in [6, 6.07) is 4.89. The molecule has 1 saturated heterocycles. The van der Waals surface area contributed by atoms with Crippen LogP contribution in [-0.2, 0) is 9.53 Å². The topological polar surface area (TPSA) is 79.3 Å². The Balaban J connectivity index is 2.33. The predicted octanol–water partition coefficient (Wildman–Crippen LogP) is 3.20. The van der Waals surface area contributed by atoms with Gasteiger partial charge in [-0.15, -0.1) is 0 Å². The van der Waals surface area contributed by atoms with E-state index in [0.29, 0.717) is 17.7 Å². The molecule has 0 spiro atoms. The minimum absolute atomic E-state index is 0.202. The number of carbonyl (C=O) groups excluding carboxylic acids is 2. The Morgan fingerprint density at radius 3 is 2.63 bits per heavy atom. The van der Waals surface area contributed by atoms with Gasteiger partial charge in [0.15, 0.2) is 0 Å². The van der Waals surface area contributed by atoms with Crippen LogP contribution in [0, 0.1) is 6.92 Å². The summed E-state index contributed by atoms with van der Waals surface area (Å²) < 4.78 is 10.8. The van der Waals surface area contributed by atoms with Crippen molar-refractivity contribution >= 4 is 12.0 Å². The molecule has 1 aliphatic heterocycles. The van der Waals surface area contributed by atoms with E-state index in [1.807, 2.05) is 19.1 Å². The van der Waals surface area contributed by atoms with E-state index in [2.05, 4.69) is 0 Å². The molecule has 1 N–H and O–H groups in total. The molecular formula is C20H30N2O5. The van der Waals surface area contributed by atoms with Gasteiger partial charge in [0.2, 0.25) is 5.91 Å². The summed E-state index contributed by atoms with van der Waals surface area (Å²) in [6.07, 6.45) is -0.817. The van der Waals surface area contributed by atoms with Crippen molar-refractivity contribution in [2.75, 3.05) is 13.7 Å². The smallest absolute Gasteiger partial charge is 0.429 e. The predicted molar refractivity (Wildman–Crippen MR) is 101 cm³/mol. The molecule has 1 unspecified atom stereocenters. The van der Waals surface area contributed by atoms with Crippen LogP contribution in [0.5, 0.6) is 5.75 Å². The summed E-state index contributed by atoms with van der Waals surface area (Å²) in [4.78, 5) is 25.1. The Bertz CT molecular complexity index is 698. The van der Waals surface area contributed by atoms with E-state index in [0.717, 1.165) is 5.56 Å². The third kappa shape index (κ3) is 4.53. The maximum Gasteiger partial charge on any atom is 0.429 e. The average molecular weight is 378 g/mol. The lowest BCUT2D eigenvalue weighted by Gasteiger charge is -2.38. The molecule has 1 aliphatic rings. The van der Waals surface area contributed by atoms with Gasteiger partial charge in [0.1, 0.15) is 17.5 Å². The van der Waals surface area contributed by atoms with Crippen molar-refractivity contribution < 1.29 is 24.2 Å². The highest BCUT2D eigenvalue weighted by molar-refractivity contribution is 5.81. The lowest BCUT2D eigenvalue weighted by molar-refractivity contribution is -0.150. The number of hydrogen-bond donors (Lipinski definition) is 1. The van der Waals surface area contributed by atoms with Crippen molar-refractivity contribution in [3.63, 3.8) is 0 Å². The highest BCUT2D eigenvalue weighted by Gasteiger charge is 2.42. The first-order valence-corrected chi connectivity index (χ1v) is 9.24. The molecule has 7 heteroatoms. The molecule has 7 nitrogen and oxygen atoms in total. The number of carbonyl (C=O) groups is 2. The second-order valence-electron chi connectivity index (χ2n) is 7.66. The normalized spacial score (nSPS) is 18.4. The Morgan fingerprint density at radius 1 is 1.41 bits per heavy atom. The van der Waals surface area contributed by atoms with Gasteiger partial charge < -0.3 is 14.6 Å². The van der Waals surface area contributed by atoms with Crippen molar-refractivity contribution in [2.24, 2.45) is 0 Å². The Kier molecular flexibility index (Phi) is 6.36. The zero-order valence-electron chi connectivity index (χ0n) is 17.0. The molecule has 1 fully saturated rings. The number of amides is 2. The molecule has 2 rings (SSSR count). The molecular weight excluding hydrogens is 348 g/mol. The van der Waals surface area contributed by atoms with Gasteiger partial charge in [-0.2, -0.15) is 0 Å². The largest absolute Gasteiger partial charge is 0.496 e. The van der Waals surface area contributed by atoms with E-state index >= 15 is 0 Å². The van der Waals surface area contributed by atoms with Gasteiger partial charge in [-0.25, -0.2) is 14.8 Å². The van der Waals surface area contributed by atoms with Crippen LogP contribution in [-0.4, -0.2) is 52.4 Å². The maximum absolute atomic E-state index is 12.6. The van der Waals surface area contributed by atoms with E-state index in [1.54, 1.807) is 40.9 Å². The van der Waals surface area contributed by atoms with E-state index in [1.165, 1.54) is 10.0 Å². The standard InChI is InChI=1S/C20H30N2O5/c1-7-21(19(25)27-20(3,4)5)22-15(11-12-17(22)23)18(24)14-9-8-10-16(26-6)13(14)2/h8-10,15,18,24H,7,11-12H2,1-6H3/t15-,18?/m0/s1. The van der Waals surface area contributed by atoms with Gasteiger partial charge in [0.25, 0.3) is 0 Å². The van der Waals surface area contributed by atoms with E-state index < -0.39 is 23.8 Å². The second kappa shape index (κ2) is 8.17. The number of ether oxygens (including phenoxy) is 2. The third-order valence-electron chi connectivity index (χ3n) is 4.62. The molecule has 2 amide bonds. The number of hydrazine groups is 1. The fourth-order valence-electron chi connectivity index (χ4n) is 3.36. The van der Waals surface area contributed by atoms with Crippen LogP contribution in [0.2, 0.25) is 0 Å². The molecule has 0 radical (unpaired) electrons. The SMILES string of the molecule is CCN(C(=O)OC(C)(C)C)N1C(=O)CC[C@H]1C(O)c1cccc(OC)c1C. The van der Waals surface area contributed by atoms with Crippen LogP contribution in [0.4, 0.5) is 4.79 Å². The van der Waals surface area contributed by atoms with Crippen molar-refractivity contribution in [3.05, 3.63) is 29.3 Å². The summed E-state index contributed by atoms with van der Waals surface area (Å²) in [5, 5.41) is 13.7. The lowest BCUT2D eigenvalue weighted by Crippen LogP contribution is -2.53. The summed E-state index contributed by atoms with van der Waals surface area (Å²) in [5.74, 6) is 0.467. The van der Waals surface area contributed by atoms with Crippen molar-refractivity contribution in [3.8, 4) is 5.75 Å². The zero-order chi connectivity index (χ0) is 20.4. The monoisotopic (exact) mass is 378 g/mol. The minimum Gasteiger partial charge on any atom is -0.496 e. The molecule has 2 atom stereocenters. The number of rotatable bonds is 5. The highest BCUT2D eigenvalue weighted by Crippen LogP contribution is 2.35. The molecule has 1 heterocycles. The zero-order valence-corrected chi connectivity index (χ0v) is 17.0. The van der Waals surface area contributed by atoms with E-state index in [9.17, 15) is 14.7 Å². The molecule has 0 aromatic heterocycles. The van der Waals surface area contributed by atoms with Crippen LogP contribution < -0.4 is 4.74 Å². The van der Waals surface area contributed by atoms with Gasteiger partial charge in [0.05, 0.1) is 13.2 Å². The summed E-state index contributed by atoms with van der Waals surface area (Å²) in [5.41, 5.74) is 0.816. The number of hydrogen-bond acceptors (Lipinski definition) is 5. The van der Waals surface area contributed by atoms with E-state index in [4.69, 9.17) is 9.47 Å². The van der Waals surface area contributed by atoms with Gasteiger partial charge in [-0.05, 0) is 58.2 Å². The average Bonchev–Trinajstić information content (AvgIpc) is 2.95. The van der Waals surface area contributed by atoms with Gasteiger partial charge in [-0.1, -0.05) is 12.1 Å². The van der Waals surface area contributed by atoms with Gasteiger partial charge >= 0.3 is 6.09 Å². The Morgan fingerprint density at radius 2 is 2.07 bits per heavy atom. The summed E-state index contributed by atoms with van der Waals surface area (Å²) >= 11 is 0. The molecule has 1 aromatic rings. The lowest BCUT2D eigenvalue weighted by atomic mass is 9.96. The molecule has 0 bridgehead atoms. The van der Waals surface area contributed by atoms with Crippen LogP contribution >= 0.6 is 0 Å². The first-order valence-electron chi connectivity index (χ1n) is 9.24. The Labute approximate surface area is 160 Å². The molecule has 1 aromatic carbocycles. The number of aliphatic hydroxyl groups is 1. The molecule has 0 saturated carbocycles. The van der Waals surface area contributed by atoms with Gasteiger partial charge in [0, 0.05) is 13.0 Å². The minimum atomic E-state index is -0.942. The van der Waals surface area contributed by atoms with Crippen LogP contribution in [0.3, 0.4) is 0 Å². The molecule has 150 valence electrons. The van der Waals surface area contributed by atoms with Crippen molar-refractivity contribution in [1.29, 1.82) is 0 Å². The third-order valence-corrected chi connectivity index (χ3v) is 4.62. The van der Waals surface area contributed by atoms with Crippen molar-refractivity contribution in [2.45, 2.75) is 65.2 Å². The fourth-order valence-corrected chi connectivity index (χ4v) is 3.36. The van der Waals surface area contributed by atoms with Crippen LogP contribution in [0.25, 0.3) is 0 Å². The quantitative estimate of drug-likeness (QED) is 0.851. The number of nitrogens with zero attached hydrogens (tertiary/aromatic N) is 2. The highest BCUT2D eigenvalue weighted by atomic mass is 16.6. The number of methoxy groups -OCH3 is 1. The first-order chi connectivity index (χ1) is 12.6. The Hall–Kier alpha value is -2.28. The number of benzene rings is 1. The maximum atomic E-state index is 12.6. The first kappa shape index (κ1) is 21.0.